The van der Waals surface area contributed by atoms with Crippen LogP contribution in [0, 0.1) is 0 Å². The highest BCUT2D eigenvalue weighted by atomic mass is 79.9. The van der Waals surface area contributed by atoms with Crippen molar-refractivity contribution in [1.82, 2.24) is 0 Å². The molecule has 1 aromatic carbocycles. The van der Waals surface area contributed by atoms with Crippen LogP contribution in [0.2, 0.25) is 0 Å². The Bertz CT molecular complexity index is 475. The zero-order chi connectivity index (χ0) is 14.3. The summed E-state index contributed by atoms with van der Waals surface area (Å²) < 4.78 is 12.7. The highest BCUT2D eigenvalue weighted by Gasteiger charge is 2.40. The molecular formula is C15H22BrNO2. The van der Waals surface area contributed by atoms with E-state index in [0.717, 1.165) is 28.6 Å². The van der Waals surface area contributed by atoms with Crippen molar-refractivity contribution in [2.75, 3.05) is 7.11 Å². The average Bonchev–Trinajstić information content (AvgIpc) is 2.26. The van der Waals surface area contributed by atoms with Gasteiger partial charge in [-0.05, 0) is 32.9 Å². The maximum atomic E-state index is 6.30. The summed E-state index contributed by atoms with van der Waals surface area (Å²) in [4.78, 5) is 0. The second-order valence-corrected chi connectivity index (χ2v) is 7.10. The number of rotatable bonds is 3. The molecule has 1 heterocycles. The van der Waals surface area contributed by atoms with Crippen LogP contribution in [-0.4, -0.2) is 18.3 Å². The van der Waals surface area contributed by atoms with Crippen molar-refractivity contribution in [3.05, 3.63) is 28.2 Å². The summed E-state index contributed by atoms with van der Waals surface area (Å²) in [5, 5.41) is 0. The zero-order valence-corrected chi connectivity index (χ0v) is 13.6. The summed E-state index contributed by atoms with van der Waals surface area (Å²) in [6, 6.07) is 6.04. The Balaban J connectivity index is 2.28. The Morgan fingerprint density at radius 3 is 2.84 bits per heavy atom. The third kappa shape index (κ3) is 3.30. The normalized spacial score (nSPS) is 26.7. The molecule has 2 rings (SSSR count). The lowest BCUT2D eigenvalue weighted by Gasteiger charge is -2.42. The topological polar surface area (TPSA) is 44.5 Å². The minimum Gasteiger partial charge on any atom is -0.487 e. The molecule has 0 saturated carbocycles. The van der Waals surface area contributed by atoms with Gasteiger partial charge >= 0.3 is 0 Å². The highest BCUT2D eigenvalue weighted by Crippen LogP contribution is 2.43. The Labute approximate surface area is 123 Å². The van der Waals surface area contributed by atoms with Gasteiger partial charge in [0.1, 0.15) is 11.4 Å². The van der Waals surface area contributed by atoms with E-state index in [1.165, 1.54) is 0 Å². The number of hydrogen-bond acceptors (Lipinski definition) is 3. The van der Waals surface area contributed by atoms with E-state index < -0.39 is 0 Å². The molecule has 4 heteroatoms. The van der Waals surface area contributed by atoms with Crippen molar-refractivity contribution in [2.24, 2.45) is 5.73 Å². The molecule has 106 valence electrons. The first kappa shape index (κ1) is 14.8. The summed E-state index contributed by atoms with van der Waals surface area (Å²) in [5.74, 6) is 0.877. The third-order valence-corrected chi connectivity index (χ3v) is 4.23. The standard InChI is InChI=1S/C15H22BrNO2/c1-14(2,18-4)9-15(3)8-12(17)11-6-5-10(16)7-13(11)19-15/h5-7,12H,8-9,17H2,1-4H3. The van der Waals surface area contributed by atoms with Gasteiger partial charge in [-0.3, -0.25) is 0 Å². The van der Waals surface area contributed by atoms with Crippen molar-refractivity contribution in [2.45, 2.75) is 50.9 Å². The van der Waals surface area contributed by atoms with Crippen LogP contribution in [0.3, 0.4) is 0 Å². The Hall–Kier alpha value is -0.580. The first-order valence-corrected chi connectivity index (χ1v) is 7.33. The molecule has 1 aliphatic rings. The fourth-order valence-electron chi connectivity index (χ4n) is 2.87. The van der Waals surface area contributed by atoms with Crippen LogP contribution in [-0.2, 0) is 4.74 Å². The van der Waals surface area contributed by atoms with Crippen LogP contribution in [0.15, 0.2) is 22.7 Å². The van der Waals surface area contributed by atoms with Gasteiger partial charge in [-0.1, -0.05) is 22.0 Å². The molecule has 1 aliphatic heterocycles. The summed E-state index contributed by atoms with van der Waals surface area (Å²) in [6.07, 6.45) is 1.60. The van der Waals surface area contributed by atoms with Gasteiger partial charge in [0.2, 0.25) is 0 Å². The number of methoxy groups -OCH3 is 1. The van der Waals surface area contributed by atoms with E-state index in [2.05, 4.69) is 36.7 Å². The fourth-order valence-corrected chi connectivity index (χ4v) is 3.21. The third-order valence-electron chi connectivity index (χ3n) is 3.74. The van der Waals surface area contributed by atoms with Crippen LogP contribution < -0.4 is 10.5 Å². The smallest absolute Gasteiger partial charge is 0.126 e. The molecule has 0 aliphatic carbocycles. The van der Waals surface area contributed by atoms with E-state index in [-0.39, 0.29) is 17.2 Å². The van der Waals surface area contributed by atoms with Crippen LogP contribution in [0.4, 0.5) is 0 Å². The fraction of sp³-hybridized carbons (Fsp3) is 0.600. The Morgan fingerprint density at radius 2 is 2.21 bits per heavy atom. The van der Waals surface area contributed by atoms with Gasteiger partial charge in [0.15, 0.2) is 0 Å². The molecule has 2 atom stereocenters. The maximum Gasteiger partial charge on any atom is 0.126 e. The molecule has 1 aromatic rings. The van der Waals surface area contributed by atoms with E-state index >= 15 is 0 Å². The maximum absolute atomic E-state index is 6.30. The molecule has 3 nitrogen and oxygen atoms in total. The molecule has 0 radical (unpaired) electrons. The van der Waals surface area contributed by atoms with Crippen molar-refractivity contribution < 1.29 is 9.47 Å². The molecule has 0 aromatic heterocycles. The minimum absolute atomic E-state index is 0.00880. The monoisotopic (exact) mass is 327 g/mol. The number of ether oxygens (including phenoxy) is 2. The first-order valence-electron chi connectivity index (χ1n) is 6.54. The molecule has 0 amide bonds. The summed E-state index contributed by atoms with van der Waals surface area (Å²) in [6.45, 7) is 6.25. The number of fused-ring (bicyclic) bond motifs is 1. The Kier molecular flexibility index (Phi) is 3.96. The van der Waals surface area contributed by atoms with Crippen LogP contribution >= 0.6 is 15.9 Å². The number of hydrogen-bond donors (Lipinski definition) is 1. The minimum atomic E-state index is -0.299. The molecular weight excluding hydrogens is 306 g/mol. The molecule has 2 unspecified atom stereocenters. The molecule has 0 fully saturated rings. The van der Waals surface area contributed by atoms with Gasteiger partial charge in [0, 0.05) is 36.0 Å². The highest BCUT2D eigenvalue weighted by molar-refractivity contribution is 9.10. The van der Waals surface area contributed by atoms with E-state index in [1.807, 2.05) is 18.2 Å². The summed E-state index contributed by atoms with van der Waals surface area (Å²) in [7, 11) is 1.73. The largest absolute Gasteiger partial charge is 0.487 e. The molecule has 0 spiro atoms. The van der Waals surface area contributed by atoms with Crippen LogP contribution in [0.5, 0.6) is 5.75 Å². The molecule has 19 heavy (non-hydrogen) atoms. The van der Waals surface area contributed by atoms with Gasteiger partial charge in [0.05, 0.1) is 5.60 Å². The van der Waals surface area contributed by atoms with Gasteiger partial charge in [-0.15, -0.1) is 0 Å². The van der Waals surface area contributed by atoms with Crippen molar-refractivity contribution >= 4 is 15.9 Å². The van der Waals surface area contributed by atoms with Gasteiger partial charge in [-0.25, -0.2) is 0 Å². The van der Waals surface area contributed by atoms with E-state index in [9.17, 15) is 0 Å². The van der Waals surface area contributed by atoms with E-state index in [4.69, 9.17) is 15.2 Å². The van der Waals surface area contributed by atoms with Crippen molar-refractivity contribution in [3.8, 4) is 5.75 Å². The summed E-state index contributed by atoms with van der Waals surface area (Å²) in [5.41, 5.74) is 6.85. The lowest BCUT2D eigenvalue weighted by molar-refractivity contribution is -0.0580. The quantitative estimate of drug-likeness (QED) is 0.918. The van der Waals surface area contributed by atoms with E-state index in [1.54, 1.807) is 7.11 Å². The predicted molar refractivity (Wildman–Crippen MR) is 80.4 cm³/mol. The van der Waals surface area contributed by atoms with Gasteiger partial charge in [-0.2, -0.15) is 0 Å². The Morgan fingerprint density at radius 1 is 1.53 bits per heavy atom. The first-order chi connectivity index (χ1) is 8.75. The van der Waals surface area contributed by atoms with Crippen molar-refractivity contribution in [1.29, 1.82) is 0 Å². The van der Waals surface area contributed by atoms with E-state index in [0.29, 0.717) is 0 Å². The SMILES string of the molecule is COC(C)(C)CC1(C)CC(N)c2ccc(Br)cc2O1. The summed E-state index contributed by atoms with van der Waals surface area (Å²) >= 11 is 3.48. The number of nitrogens with two attached hydrogens (primary N) is 1. The number of benzene rings is 1. The van der Waals surface area contributed by atoms with Crippen LogP contribution in [0.25, 0.3) is 0 Å². The lowest BCUT2D eigenvalue weighted by Crippen LogP contribution is -2.45. The van der Waals surface area contributed by atoms with Crippen molar-refractivity contribution in [3.63, 3.8) is 0 Å². The predicted octanol–water partition coefficient (Wildman–Crippen LogP) is 3.81. The van der Waals surface area contributed by atoms with Crippen LogP contribution in [0.1, 0.15) is 45.2 Å². The second-order valence-electron chi connectivity index (χ2n) is 6.19. The molecule has 0 saturated heterocycles. The molecule has 0 bridgehead atoms. The zero-order valence-electron chi connectivity index (χ0n) is 12.0. The number of halogens is 1. The second kappa shape index (κ2) is 5.08. The average molecular weight is 328 g/mol. The molecule has 2 N–H and O–H groups in total. The van der Waals surface area contributed by atoms with Gasteiger partial charge < -0.3 is 15.2 Å². The lowest BCUT2D eigenvalue weighted by atomic mass is 9.82. The van der Waals surface area contributed by atoms with Gasteiger partial charge in [0.25, 0.3) is 0 Å².